The first-order chi connectivity index (χ1) is 21.0. The Kier molecular flexibility index (Phi) is 7.12. The van der Waals surface area contributed by atoms with Gasteiger partial charge in [-0.1, -0.05) is 169 Å². The number of fused-ring (bicyclic) bond motifs is 2. The highest BCUT2D eigenvalue weighted by Gasteiger charge is 2.42. The van der Waals surface area contributed by atoms with Gasteiger partial charge < -0.3 is 0 Å². The van der Waals surface area contributed by atoms with E-state index in [0.29, 0.717) is 0 Å². The van der Waals surface area contributed by atoms with Gasteiger partial charge in [0.15, 0.2) is 0 Å². The molecular weight excluding hydrogens is 528 g/mol. The standard InChI is InChI=1S/C44H48/c1-42(2,3)34-18-10-14-30(24-34)38-20-12-16-32-26-36(28-40(32)38)44(22-8-7-9-23-44)37-27-33-17-13-21-39(41(33)29-37)31-15-11-19-35(25-31)43(4,5)6/h10-21,24-25,28-29H,7-9,22-23,26-27H2,1-6H3. The second-order valence-corrected chi connectivity index (χ2v) is 15.8. The Hall–Kier alpha value is -3.64. The predicted molar refractivity (Wildman–Crippen MR) is 190 cm³/mol. The summed E-state index contributed by atoms with van der Waals surface area (Å²) >= 11 is 0. The minimum absolute atomic E-state index is 0.137. The fraction of sp³-hybridized carbons (Fsp3) is 0.364. The molecule has 0 unspecified atom stereocenters. The van der Waals surface area contributed by atoms with Crippen LogP contribution in [0.5, 0.6) is 0 Å². The minimum Gasteiger partial charge on any atom is -0.0614 e. The molecule has 0 heterocycles. The van der Waals surface area contributed by atoms with E-state index in [1.165, 1.54) is 87.7 Å². The van der Waals surface area contributed by atoms with Crippen molar-refractivity contribution in [2.75, 3.05) is 0 Å². The summed E-state index contributed by atoms with van der Waals surface area (Å²) in [6.07, 6.45) is 14.0. The van der Waals surface area contributed by atoms with Crippen LogP contribution in [-0.2, 0) is 23.7 Å². The van der Waals surface area contributed by atoms with E-state index in [2.05, 4.69) is 139 Å². The normalized spacial score (nSPS) is 17.6. The minimum atomic E-state index is 0.137. The molecule has 0 bridgehead atoms. The first-order valence-corrected chi connectivity index (χ1v) is 16.9. The van der Waals surface area contributed by atoms with Gasteiger partial charge in [0.05, 0.1) is 0 Å². The summed E-state index contributed by atoms with van der Waals surface area (Å²) in [5.41, 5.74) is 17.9. The molecule has 7 rings (SSSR count). The summed E-state index contributed by atoms with van der Waals surface area (Å²) in [4.78, 5) is 0. The van der Waals surface area contributed by atoms with Crippen molar-refractivity contribution in [2.45, 2.75) is 97.3 Å². The zero-order valence-corrected chi connectivity index (χ0v) is 27.7. The van der Waals surface area contributed by atoms with Gasteiger partial charge in [0, 0.05) is 5.41 Å². The number of rotatable bonds is 4. The second-order valence-electron chi connectivity index (χ2n) is 15.8. The number of benzene rings is 4. The van der Waals surface area contributed by atoms with E-state index in [1.807, 2.05) is 0 Å². The van der Waals surface area contributed by atoms with Crippen molar-refractivity contribution in [1.29, 1.82) is 0 Å². The van der Waals surface area contributed by atoms with Crippen LogP contribution >= 0.6 is 0 Å². The van der Waals surface area contributed by atoms with Gasteiger partial charge in [-0.15, -0.1) is 0 Å². The van der Waals surface area contributed by atoms with Gasteiger partial charge in [0.1, 0.15) is 0 Å². The quantitative estimate of drug-likeness (QED) is 0.227. The van der Waals surface area contributed by atoms with E-state index in [9.17, 15) is 0 Å². The molecule has 0 heteroatoms. The lowest BCUT2D eigenvalue weighted by Gasteiger charge is -2.40. The highest BCUT2D eigenvalue weighted by molar-refractivity contribution is 5.85. The summed E-state index contributed by atoms with van der Waals surface area (Å²) in [6, 6.07) is 32.5. The molecule has 0 spiro atoms. The van der Waals surface area contributed by atoms with Crippen LogP contribution in [0.1, 0.15) is 107 Å². The molecule has 3 aliphatic carbocycles. The largest absolute Gasteiger partial charge is 0.0614 e. The van der Waals surface area contributed by atoms with Crippen molar-refractivity contribution >= 4 is 12.2 Å². The third-order valence-corrected chi connectivity index (χ3v) is 10.8. The van der Waals surface area contributed by atoms with Gasteiger partial charge >= 0.3 is 0 Å². The fourth-order valence-electron chi connectivity index (χ4n) is 8.16. The van der Waals surface area contributed by atoms with Crippen LogP contribution in [0.15, 0.2) is 96.1 Å². The van der Waals surface area contributed by atoms with Crippen LogP contribution in [0, 0.1) is 5.41 Å². The van der Waals surface area contributed by atoms with Crippen LogP contribution in [0.25, 0.3) is 34.4 Å². The van der Waals surface area contributed by atoms with Crippen molar-refractivity contribution in [3.05, 3.63) is 129 Å². The lowest BCUT2D eigenvalue weighted by Crippen LogP contribution is -2.29. The van der Waals surface area contributed by atoms with Crippen molar-refractivity contribution in [1.82, 2.24) is 0 Å². The molecule has 0 aliphatic heterocycles. The van der Waals surface area contributed by atoms with Gasteiger partial charge in [-0.2, -0.15) is 0 Å². The van der Waals surface area contributed by atoms with Crippen LogP contribution in [-0.4, -0.2) is 0 Å². The Balaban J connectivity index is 1.30. The van der Waals surface area contributed by atoms with Crippen molar-refractivity contribution in [3.63, 3.8) is 0 Å². The molecule has 0 amide bonds. The van der Waals surface area contributed by atoms with E-state index < -0.39 is 0 Å². The summed E-state index contributed by atoms with van der Waals surface area (Å²) in [6.45, 7) is 13.9. The maximum atomic E-state index is 2.62. The van der Waals surface area contributed by atoms with Gasteiger partial charge in [-0.3, -0.25) is 0 Å². The molecule has 0 nitrogen and oxygen atoms in total. The van der Waals surface area contributed by atoms with E-state index in [1.54, 1.807) is 11.1 Å². The molecular formula is C44H48. The lowest BCUT2D eigenvalue weighted by atomic mass is 9.63. The molecule has 4 aromatic carbocycles. The van der Waals surface area contributed by atoms with Gasteiger partial charge in [-0.25, -0.2) is 0 Å². The van der Waals surface area contributed by atoms with Crippen molar-refractivity contribution < 1.29 is 0 Å². The second kappa shape index (κ2) is 10.8. The first kappa shape index (κ1) is 29.1. The topological polar surface area (TPSA) is 0 Å². The third-order valence-electron chi connectivity index (χ3n) is 10.8. The van der Waals surface area contributed by atoms with E-state index >= 15 is 0 Å². The summed E-state index contributed by atoms with van der Waals surface area (Å²) in [7, 11) is 0. The molecule has 1 saturated carbocycles. The van der Waals surface area contributed by atoms with E-state index in [-0.39, 0.29) is 16.2 Å². The molecule has 0 atom stereocenters. The van der Waals surface area contributed by atoms with Crippen molar-refractivity contribution in [3.8, 4) is 22.3 Å². The molecule has 1 fully saturated rings. The molecule has 0 N–H and O–H groups in total. The average Bonchev–Trinajstić information content (AvgIpc) is 3.66. The van der Waals surface area contributed by atoms with Gasteiger partial charge in [-0.05, 0) is 92.1 Å². The highest BCUT2D eigenvalue weighted by Crippen LogP contribution is 2.55. The number of hydrogen-bond acceptors (Lipinski definition) is 0. The summed E-state index contributed by atoms with van der Waals surface area (Å²) in [5, 5.41) is 0. The molecule has 3 aliphatic rings. The first-order valence-electron chi connectivity index (χ1n) is 16.9. The molecule has 44 heavy (non-hydrogen) atoms. The van der Waals surface area contributed by atoms with Crippen molar-refractivity contribution in [2.24, 2.45) is 5.41 Å². The fourth-order valence-corrected chi connectivity index (χ4v) is 8.16. The molecule has 4 aromatic rings. The maximum absolute atomic E-state index is 2.62. The van der Waals surface area contributed by atoms with Crippen LogP contribution in [0.2, 0.25) is 0 Å². The number of allylic oxidation sites excluding steroid dienone is 2. The zero-order chi connectivity index (χ0) is 30.7. The lowest BCUT2D eigenvalue weighted by molar-refractivity contribution is 0.286. The molecule has 224 valence electrons. The molecule has 0 saturated heterocycles. The highest BCUT2D eigenvalue weighted by atomic mass is 14.5. The number of hydrogen-bond donors (Lipinski definition) is 0. The maximum Gasteiger partial charge on any atom is 0.0134 e. The Morgan fingerprint density at radius 2 is 0.932 bits per heavy atom. The van der Waals surface area contributed by atoms with E-state index in [0.717, 1.165) is 12.8 Å². The Bertz CT molecular complexity index is 1660. The molecule has 0 radical (unpaired) electrons. The summed E-state index contributed by atoms with van der Waals surface area (Å²) in [5.74, 6) is 0. The predicted octanol–water partition coefficient (Wildman–Crippen LogP) is 12.1. The molecule has 0 aromatic heterocycles. The monoisotopic (exact) mass is 576 g/mol. The Morgan fingerprint density at radius 3 is 1.36 bits per heavy atom. The SMILES string of the molecule is CC(C)(C)c1cccc(-c2cccc3c2C=C(C2(C4=Cc5c(cccc5-c5cccc(C(C)(C)C)c5)C4)CCCCC2)C3)c1. The Labute approximate surface area is 266 Å². The van der Waals surface area contributed by atoms with Crippen LogP contribution in [0.3, 0.4) is 0 Å². The Morgan fingerprint density at radius 1 is 0.500 bits per heavy atom. The van der Waals surface area contributed by atoms with E-state index in [4.69, 9.17) is 0 Å². The smallest absolute Gasteiger partial charge is 0.0134 e. The third kappa shape index (κ3) is 5.11. The van der Waals surface area contributed by atoms with Gasteiger partial charge in [0.2, 0.25) is 0 Å². The van der Waals surface area contributed by atoms with Gasteiger partial charge in [0.25, 0.3) is 0 Å². The van der Waals surface area contributed by atoms with Crippen LogP contribution < -0.4 is 0 Å². The average molecular weight is 577 g/mol. The summed E-state index contributed by atoms with van der Waals surface area (Å²) < 4.78 is 0. The van der Waals surface area contributed by atoms with Crippen LogP contribution in [0.4, 0.5) is 0 Å². The zero-order valence-electron chi connectivity index (χ0n) is 27.7.